The lowest BCUT2D eigenvalue weighted by molar-refractivity contribution is 0.175. The van der Waals surface area contributed by atoms with E-state index in [0.29, 0.717) is 5.92 Å². The largest absolute Gasteiger partial charge is 0.466 e. The Hall–Kier alpha value is -2.27. The van der Waals surface area contributed by atoms with Crippen LogP contribution in [0.3, 0.4) is 0 Å². The number of nitrogens with one attached hydrogen (secondary N) is 2. The van der Waals surface area contributed by atoms with Crippen LogP contribution in [0, 0.1) is 26.7 Å². The van der Waals surface area contributed by atoms with Crippen LogP contribution in [0.25, 0.3) is 0 Å². The fourth-order valence-electron chi connectivity index (χ4n) is 3.57. The van der Waals surface area contributed by atoms with E-state index in [2.05, 4.69) is 21.6 Å². The minimum absolute atomic E-state index is 0.123. The van der Waals surface area contributed by atoms with Gasteiger partial charge < -0.3 is 15.1 Å². The van der Waals surface area contributed by atoms with Crippen LogP contribution in [-0.2, 0) is 6.54 Å². The van der Waals surface area contributed by atoms with Crippen LogP contribution in [0.5, 0.6) is 0 Å². The van der Waals surface area contributed by atoms with Gasteiger partial charge in [0, 0.05) is 24.3 Å². The minimum atomic E-state index is -0.123. The fourth-order valence-corrected chi connectivity index (χ4v) is 3.57. The molecule has 5 heteroatoms. The maximum atomic E-state index is 12.1. The van der Waals surface area contributed by atoms with Crippen molar-refractivity contribution in [3.05, 3.63) is 53.0 Å². The summed E-state index contributed by atoms with van der Waals surface area (Å²) in [7, 11) is 0. The van der Waals surface area contributed by atoms with Gasteiger partial charge in [0.25, 0.3) is 0 Å². The van der Waals surface area contributed by atoms with E-state index in [9.17, 15) is 4.79 Å². The first-order valence-electron chi connectivity index (χ1n) is 9.39. The molecule has 5 nitrogen and oxygen atoms in total. The zero-order valence-corrected chi connectivity index (χ0v) is 16.0. The number of nitrogens with zero attached hydrogens (tertiary/aromatic N) is 1. The average molecular weight is 355 g/mol. The van der Waals surface area contributed by atoms with E-state index in [-0.39, 0.29) is 6.03 Å². The number of benzene rings is 1. The molecule has 1 aromatic carbocycles. The Balaban J connectivity index is 1.38. The number of carbonyl (C=O) groups excluding carboxylic acids is 1. The van der Waals surface area contributed by atoms with Gasteiger partial charge in [-0.3, -0.25) is 4.90 Å². The predicted octanol–water partition coefficient (Wildman–Crippen LogP) is 4.24. The highest BCUT2D eigenvalue weighted by molar-refractivity contribution is 5.89. The molecule has 2 amide bonds. The molecule has 2 heterocycles. The Kier molecular flexibility index (Phi) is 5.99. The molecule has 140 valence electrons. The summed E-state index contributed by atoms with van der Waals surface area (Å²) < 4.78 is 5.62. The van der Waals surface area contributed by atoms with Crippen LogP contribution < -0.4 is 10.6 Å². The lowest BCUT2D eigenvalue weighted by Gasteiger charge is -2.31. The van der Waals surface area contributed by atoms with Crippen LogP contribution in [0.4, 0.5) is 10.5 Å². The summed E-state index contributed by atoms with van der Waals surface area (Å²) in [5.74, 6) is 2.55. The molecule has 3 rings (SSSR count). The lowest BCUT2D eigenvalue weighted by atomic mass is 9.96. The second-order valence-corrected chi connectivity index (χ2v) is 7.36. The maximum absolute atomic E-state index is 12.1. The summed E-state index contributed by atoms with van der Waals surface area (Å²) in [6, 6.07) is 9.86. The molecule has 1 saturated heterocycles. The number of hydrogen-bond acceptors (Lipinski definition) is 3. The Morgan fingerprint density at radius 1 is 1.19 bits per heavy atom. The van der Waals surface area contributed by atoms with Gasteiger partial charge >= 0.3 is 6.03 Å². The molecular formula is C21H29N3O2. The van der Waals surface area contributed by atoms with Crippen molar-refractivity contribution in [3.63, 3.8) is 0 Å². The van der Waals surface area contributed by atoms with E-state index in [1.54, 1.807) is 0 Å². The van der Waals surface area contributed by atoms with Crippen molar-refractivity contribution >= 4 is 11.7 Å². The van der Waals surface area contributed by atoms with Crippen LogP contribution in [0.1, 0.15) is 35.5 Å². The topological polar surface area (TPSA) is 57.5 Å². The smallest absolute Gasteiger partial charge is 0.319 e. The third-order valence-corrected chi connectivity index (χ3v) is 5.07. The Morgan fingerprint density at radius 2 is 1.96 bits per heavy atom. The number of aryl methyl sites for hydroxylation is 3. The highest BCUT2D eigenvalue weighted by Gasteiger charge is 2.21. The van der Waals surface area contributed by atoms with Gasteiger partial charge in [0.15, 0.2) is 0 Å². The van der Waals surface area contributed by atoms with E-state index < -0.39 is 0 Å². The number of furan rings is 1. The first kappa shape index (κ1) is 18.5. The van der Waals surface area contributed by atoms with Crippen molar-refractivity contribution in [2.24, 2.45) is 5.92 Å². The summed E-state index contributed by atoms with van der Waals surface area (Å²) in [5.41, 5.74) is 3.26. The predicted molar refractivity (Wildman–Crippen MR) is 104 cm³/mol. The standard InChI is InChI=1S/C21H29N3O2/c1-15-5-4-6-20(11-15)23-21(25)22-13-18-7-9-24(10-8-18)14-19-12-16(2)26-17(19)3/h4-6,11-12,18H,7-10,13-14H2,1-3H3,(H2,22,23,25). The number of hydrogen-bond donors (Lipinski definition) is 2. The molecule has 2 N–H and O–H groups in total. The second kappa shape index (κ2) is 8.41. The lowest BCUT2D eigenvalue weighted by Crippen LogP contribution is -2.39. The van der Waals surface area contributed by atoms with Crippen molar-refractivity contribution in [3.8, 4) is 0 Å². The van der Waals surface area contributed by atoms with Gasteiger partial charge in [-0.05, 0) is 76.4 Å². The highest BCUT2D eigenvalue weighted by atomic mass is 16.3. The highest BCUT2D eigenvalue weighted by Crippen LogP contribution is 2.21. The molecule has 0 saturated carbocycles. The van der Waals surface area contributed by atoms with Gasteiger partial charge in [-0.2, -0.15) is 0 Å². The first-order valence-corrected chi connectivity index (χ1v) is 9.39. The molecule has 0 aliphatic carbocycles. The maximum Gasteiger partial charge on any atom is 0.319 e. The molecule has 0 unspecified atom stereocenters. The van der Waals surface area contributed by atoms with Gasteiger partial charge in [0.2, 0.25) is 0 Å². The molecule has 0 atom stereocenters. The van der Waals surface area contributed by atoms with E-state index in [1.807, 2.05) is 45.0 Å². The Bertz CT molecular complexity index is 745. The molecule has 2 aromatic rings. The van der Waals surface area contributed by atoms with Crippen LogP contribution in [0.2, 0.25) is 0 Å². The molecule has 0 radical (unpaired) electrons. The van der Waals surface area contributed by atoms with Crippen LogP contribution in [-0.4, -0.2) is 30.6 Å². The van der Waals surface area contributed by atoms with Gasteiger partial charge in [0.05, 0.1) is 0 Å². The molecule has 0 spiro atoms. The summed E-state index contributed by atoms with van der Waals surface area (Å²) in [4.78, 5) is 14.5. The molecule has 1 aromatic heterocycles. The van der Waals surface area contributed by atoms with Crippen molar-refractivity contribution in [1.29, 1.82) is 0 Å². The van der Waals surface area contributed by atoms with Crippen LogP contribution >= 0.6 is 0 Å². The van der Waals surface area contributed by atoms with Gasteiger partial charge in [-0.25, -0.2) is 4.79 Å². The number of amides is 2. The molecular weight excluding hydrogens is 326 g/mol. The number of urea groups is 1. The monoisotopic (exact) mass is 355 g/mol. The van der Waals surface area contributed by atoms with E-state index >= 15 is 0 Å². The third-order valence-electron chi connectivity index (χ3n) is 5.07. The van der Waals surface area contributed by atoms with Gasteiger partial charge in [-0.1, -0.05) is 12.1 Å². The number of piperidine rings is 1. The Labute approximate surface area is 155 Å². The summed E-state index contributed by atoms with van der Waals surface area (Å²) in [5, 5.41) is 5.92. The Morgan fingerprint density at radius 3 is 2.62 bits per heavy atom. The quantitative estimate of drug-likeness (QED) is 0.843. The average Bonchev–Trinajstić information content (AvgIpc) is 2.91. The second-order valence-electron chi connectivity index (χ2n) is 7.36. The first-order chi connectivity index (χ1) is 12.5. The van der Waals surface area contributed by atoms with Crippen molar-refractivity contribution in [2.75, 3.05) is 25.0 Å². The zero-order valence-electron chi connectivity index (χ0n) is 16.0. The number of likely N-dealkylation sites (tertiary alicyclic amines) is 1. The van der Waals surface area contributed by atoms with Crippen LogP contribution in [0.15, 0.2) is 34.7 Å². The van der Waals surface area contributed by atoms with Crippen molar-refractivity contribution in [2.45, 2.75) is 40.2 Å². The van der Waals surface area contributed by atoms with E-state index in [4.69, 9.17) is 4.42 Å². The third kappa shape index (κ3) is 5.11. The fraction of sp³-hybridized carbons (Fsp3) is 0.476. The van der Waals surface area contributed by atoms with Gasteiger partial charge in [0.1, 0.15) is 11.5 Å². The summed E-state index contributed by atoms with van der Waals surface area (Å²) in [6.45, 7) is 9.86. The van der Waals surface area contributed by atoms with Crippen molar-refractivity contribution < 1.29 is 9.21 Å². The SMILES string of the molecule is Cc1cccc(NC(=O)NCC2CCN(Cc3cc(C)oc3C)CC2)c1. The molecule has 0 bridgehead atoms. The van der Waals surface area contributed by atoms with E-state index in [0.717, 1.165) is 61.8 Å². The molecule has 1 aliphatic rings. The number of carbonyl (C=O) groups is 1. The normalized spacial score (nSPS) is 15.8. The summed E-state index contributed by atoms with van der Waals surface area (Å²) in [6.07, 6.45) is 2.22. The molecule has 1 fully saturated rings. The zero-order chi connectivity index (χ0) is 18.5. The minimum Gasteiger partial charge on any atom is -0.466 e. The number of rotatable bonds is 5. The van der Waals surface area contributed by atoms with E-state index in [1.165, 1.54) is 5.56 Å². The molecule has 26 heavy (non-hydrogen) atoms. The number of anilines is 1. The van der Waals surface area contributed by atoms with Gasteiger partial charge in [-0.15, -0.1) is 0 Å². The summed E-state index contributed by atoms with van der Waals surface area (Å²) >= 11 is 0. The van der Waals surface area contributed by atoms with Crippen molar-refractivity contribution in [1.82, 2.24) is 10.2 Å². The molecule has 1 aliphatic heterocycles.